The molecule has 2 bridgehead atoms. The summed E-state index contributed by atoms with van der Waals surface area (Å²) in [5, 5.41) is 3.03. The molecule has 0 aliphatic carbocycles. The number of aromatic nitrogens is 1. The predicted octanol–water partition coefficient (Wildman–Crippen LogP) is 1.59. The van der Waals surface area contributed by atoms with Crippen LogP contribution in [0.4, 0.5) is 0 Å². The summed E-state index contributed by atoms with van der Waals surface area (Å²) in [6.07, 6.45) is 6.60. The number of hydrogen-bond acceptors (Lipinski definition) is 5. The fraction of sp³-hybridized carbons (Fsp3) is 0.722. The molecule has 3 saturated heterocycles. The fourth-order valence-corrected chi connectivity index (χ4v) is 5.67. The van der Waals surface area contributed by atoms with Crippen molar-refractivity contribution in [3.63, 3.8) is 0 Å². The number of carbonyl (C=O) groups excluding carboxylic acids is 2. The van der Waals surface area contributed by atoms with E-state index in [4.69, 9.17) is 0 Å². The van der Waals surface area contributed by atoms with Gasteiger partial charge in [0.25, 0.3) is 5.91 Å². The van der Waals surface area contributed by atoms with Crippen molar-refractivity contribution in [2.75, 3.05) is 26.2 Å². The van der Waals surface area contributed by atoms with Gasteiger partial charge in [0.15, 0.2) is 0 Å². The molecule has 6 nitrogen and oxygen atoms in total. The molecule has 0 radical (unpaired) electrons. The third kappa shape index (κ3) is 3.31. The standard InChI is InChI=1S/C18H26N4O2S/c1-12(23)20-7-16-14-6-13(15-4-2-3-5-22(15)16)9-21(10-14)18(24)17-8-19-11-25-17/h8,11,13-16H,2-7,9-10H2,1H3,(H,20,23)/t13-,14+,15+,16+/m1/s1. The normalized spacial score (nSPS) is 32.1. The van der Waals surface area contributed by atoms with Gasteiger partial charge in [0.05, 0.1) is 11.7 Å². The van der Waals surface area contributed by atoms with Crippen LogP contribution in [0.3, 0.4) is 0 Å². The summed E-state index contributed by atoms with van der Waals surface area (Å²) in [6, 6.07) is 0.906. The van der Waals surface area contributed by atoms with Crippen molar-refractivity contribution in [3.05, 3.63) is 16.6 Å². The SMILES string of the molecule is CC(=O)NC[C@H]1[C@H]2C[C@H](CN(C(=O)c3cncs3)C2)[C@@H]2CCCCN21. The lowest BCUT2D eigenvalue weighted by molar-refractivity contribution is -0.120. The third-order valence-corrected chi connectivity index (χ3v) is 6.87. The molecule has 25 heavy (non-hydrogen) atoms. The first-order valence-corrected chi connectivity index (χ1v) is 10.2. The monoisotopic (exact) mass is 362 g/mol. The maximum atomic E-state index is 12.8. The molecule has 0 unspecified atom stereocenters. The Hall–Kier alpha value is -1.47. The Morgan fingerprint density at radius 3 is 2.92 bits per heavy atom. The molecular weight excluding hydrogens is 336 g/mol. The molecular formula is C18H26N4O2S. The smallest absolute Gasteiger partial charge is 0.265 e. The lowest BCUT2D eigenvalue weighted by Gasteiger charge is -2.56. The Bertz CT molecular complexity index is 635. The molecule has 1 aromatic rings. The first-order valence-electron chi connectivity index (χ1n) is 9.31. The number of amides is 2. The molecule has 0 saturated carbocycles. The maximum absolute atomic E-state index is 12.8. The number of piperidine rings is 3. The summed E-state index contributed by atoms with van der Waals surface area (Å²) in [5.74, 6) is 1.16. The zero-order chi connectivity index (χ0) is 17.4. The molecule has 1 N–H and O–H groups in total. The minimum Gasteiger partial charge on any atom is -0.355 e. The van der Waals surface area contributed by atoms with E-state index in [1.54, 1.807) is 18.6 Å². The van der Waals surface area contributed by atoms with E-state index >= 15 is 0 Å². The number of hydrogen-bond donors (Lipinski definition) is 1. The van der Waals surface area contributed by atoms with Crippen LogP contribution >= 0.6 is 11.3 Å². The van der Waals surface area contributed by atoms with E-state index in [9.17, 15) is 9.59 Å². The number of thiazole rings is 1. The zero-order valence-electron chi connectivity index (χ0n) is 14.7. The van der Waals surface area contributed by atoms with Crippen LogP contribution in [-0.4, -0.2) is 64.9 Å². The minimum atomic E-state index is 0.0316. The van der Waals surface area contributed by atoms with Gasteiger partial charge in [-0.3, -0.25) is 19.5 Å². The molecule has 4 heterocycles. The van der Waals surface area contributed by atoms with Crippen LogP contribution in [0.25, 0.3) is 0 Å². The predicted molar refractivity (Wildman–Crippen MR) is 96.4 cm³/mol. The van der Waals surface area contributed by atoms with E-state index in [-0.39, 0.29) is 11.8 Å². The summed E-state index contributed by atoms with van der Waals surface area (Å²) < 4.78 is 0. The third-order valence-electron chi connectivity index (χ3n) is 6.11. The van der Waals surface area contributed by atoms with Crippen LogP contribution in [0.5, 0.6) is 0 Å². The van der Waals surface area contributed by atoms with Gasteiger partial charge in [0, 0.05) is 38.6 Å². The molecule has 4 rings (SSSR count). The minimum absolute atomic E-state index is 0.0316. The van der Waals surface area contributed by atoms with Gasteiger partial charge in [-0.15, -0.1) is 11.3 Å². The number of nitrogens with one attached hydrogen (secondary N) is 1. The molecule has 0 aromatic carbocycles. The van der Waals surface area contributed by atoms with E-state index in [1.807, 2.05) is 4.90 Å². The van der Waals surface area contributed by atoms with E-state index in [1.165, 1.54) is 37.0 Å². The summed E-state index contributed by atoms with van der Waals surface area (Å²) in [4.78, 5) is 33.8. The van der Waals surface area contributed by atoms with E-state index < -0.39 is 0 Å². The second-order valence-corrected chi connectivity index (χ2v) is 8.52. The summed E-state index contributed by atoms with van der Waals surface area (Å²) in [6.45, 7) is 5.07. The highest BCUT2D eigenvalue weighted by Crippen LogP contribution is 2.41. The van der Waals surface area contributed by atoms with Crippen molar-refractivity contribution in [1.82, 2.24) is 20.1 Å². The number of rotatable bonds is 3. The summed E-state index contributed by atoms with van der Waals surface area (Å²) in [7, 11) is 0. The van der Waals surface area contributed by atoms with Gasteiger partial charge in [-0.25, -0.2) is 0 Å². The van der Waals surface area contributed by atoms with Crippen molar-refractivity contribution >= 4 is 23.2 Å². The highest BCUT2D eigenvalue weighted by molar-refractivity contribution is 7.11. The van der Waals surface area contributed by atoms with Gasteiger partial charge in [0.1, 0.15) is 4.88 Å². The molecule has 3 fully saturated rings. The molecule has 0 spiro atoms. The molecule has 7 heteroatoms. The fourth-order valence-electron chi connectivity index (χ4n) is 5.08. The first-order chi connectivity index (χ1) is 12.1. The van der Waals surface area contributed by atoms with E-state index in [2.05, 4.69) is 15.2 Å². The van der Waals surface area contributed by atoms with Crippen LogP contribution in [0.2, 0.25) is 0 Å². The van der Waals surface area contributed by atoms with Crippen molar-refractivity contribution in [1.29, 1.82) is 0 Å². The summed E-state index contributed by atoms with van der Waals surface area (Å²) in [5.41, 5.74) is 1.72. The van der Waals surface area contributed by atoms with E-state index in [0.717, 1.165) is 24.5 Å². The summed E-state index contributed by atoms with van der Waals surface area (Å²) >= 11 is 1.42. The molecule has 3 aliphatic rings. The maximum Gasteiger partial charge on any atom is 0.265 e. The Kier molecular flexibility index (Phi) is 4.78. The van der Waals surface area contributed by atoms with Gasteiger partial charge in [-0.05, 0) is 37.6 Å². The van der Waals surface area contributed by atoms with E-state index in [0.29, 0.717) is 30.5 Å². The quantitative estimate of drug-likeness (QED) is 0.887. The Labute approximate surface area is 152 Å². The Balaban J connectivity index is 1.55. The second-order valence-electron chi connectivity index (χ2n) is 7.64. The average molecular weight is 362 g/mol. The number of likely N-dealkylation sites (tertiary alicyclic amines) is 1. The molecule has 1 aromatic heterocycles. The van der Waals surface area contributed by atoms with Crippen LogP contribution in [0.15, 0.2) is 11.7 Å². The lowest BCUT2D eigenvalue weighted by Crippen LogP contribution is -2.66. The van der Waals surface area contributed by atoms with Crippen LogP contribution in [0.1, 0.15) is 42.3 Å². The average Bonchev–Trinajstić information content (AvgIpc) is 3.15. The van der Waals surface area contributed by atoms with Gasteiger partial charge in [-0.2, -0.15) is 0 Å². The molecule has 2 amide bonds. The first kappa shape index (κ1) is 17.0. The lowest BCUT2D eigenvalue weighted by atomic mass is 9.72. The highest BCUT2D eigenvalue weighted by Gasteiger charge is 2.47. The topological polar surface area (TPSA) is 65.5 Å². The number of fused-ring (bicyclic) bond motifs is 4. The van der Waals surface area contributed by atoms with Crippen molar-refractivity contribution < 1.29 is 9.59 Å². The van der Waals surface area contributed by atoms with Gasteiger partial charge >= 0.3 is 0 Å². The number of carbonyl (C=O) groups is 2. The molecule has 136 valence electrons. The van der Waals surface area contributed by atoms with Crippen molar-refractivity contribution in [2.24, 2.45) is 11.8 Å². The van der Waals surface area contributed by atoms with Crippen LogP contribution in [-0.2, 0) is 4.79 Å². The zero-order valence-corrected chi connectivity index (χ0v) is 15.5. The van der Waals surface area contributed by atoms with Gasteiger partial charge in [0.2, 0.25) is 5.91 Å². The van der Waals surface area contributed by atoms with Gasteiger partial charge in [-0.1, -0.05) is 6.42 Å². The molecule has 4 atom stereocenters. The largest absolute Gasteiger partial charge is 0.355 e. The van der Waals surface area contributed by atoms with Crippen LogP contribution < -0.4 is 5.32 Å². The van der Waals surface area contributed by atoms with Gasteiger partial charge < -0.3 is 10.2 Å². The Morgan fingerprint density at radius 1 is 1.32 bits per heavy atom. The highest BCUT2D eigenvalue weighted by atomic mass is 32.1. The van der Waals surface area contributed by atoms with Crippen molar-refractivity contribution in [2.45, 2.75) is 44.7 Å². The van der Waals surface area contributed by atoms with Crippen LogP contribution in [0, 0.1) is 11.8 Å². The Morgan fingerprint density at radius 2 is 2.16 bits per heavy atom. The molecule has 3 aliphatic heterocycles. The number of nitrogens with zero attached hydrogens (tertiary/aromatic N) is 3. The van der Waals surface area contributed by atoms with Crippen molar-refractivity contribution in [3.8, 4) is 0 Å². The second kappa shape index (κ2) is 7.03.